The number of aliphatic hydroxyl groups excluding tert-OH is 2. The zero-order valence-corrected chi connectivity index (χ0v) is 40.7. The Labute approximate surface area is 421 Å². The first-order chi connectivity index (χ1) is 35.1. The van der Waals surface area contributed by atoms with Gasteiger partial charge in [0.1, 0.15) is 23.0 Å². The molecule has 2 aliphatic rings. The fraction of sp³-hybridized carbons (Fsp3) is 0.412. The standard InChI is InChI=1S/C26H31N3O8.C25H29N3O8/c1-17(30)22(24(32)33)27-23(31)19-11-8-13-28(15-19)16-37-26(35)29-14-7-6-12-20(29)21(25(34)36-2)18-9-4-3-5-10-18;1-35-24(33)21(17-8-3-2-4-9-17)20-11-5-6-13-28(20)25(34)36-16-27-12-7-10-18(14-27)22(30)26-19(15-29)23(31)32/h3-5,8-11,13,15,17,20-22,30H,6-7,12,14,16H2,1-2H3,(H-,27,31,32,33);2-4,7-10,12,14,19-21,29H,5-6,11,13,15-16H2,1H3,(H-,26,30,31,32)/p+2. The molecule has 390 valence electrons. The Morgan fingerprint density at radius 1 is 0.616 bits per heavy atom. The van der Waals surface area contributed by atoms with Crippen molar-refractivity contribution >= 4 is 47.9 Å². The molecular weight excluding hydrogens is 953 g/mol. The Balaban J connectivity index is 0.000000271. The van der Waals surface area contributed by atoms with E-state index < -0.39 is 96.6 Å². The SMILES string of the molecule is COC(=O)C(c1ccccc1)C1CCCCN1C(=O)OC[n+]1cccc(C(=O)NC(C(=O)O)C(C)O)c1.COC(=O)C(c1ccccc1)C1CCCCN1C(=O)OC[n+]1cccc(C(=O)NC(CO)C(=O)O)c1. The number of pyridine rings is 2. The summed E-state index contributed by atoms with van der Waals surface area (Å²) in [5.41, 5.74) is 1.75. The van der Waals surface area contributed by atoms with Crippen LogP contribution in [0.3, 0.4) is 0 Å². The highest BCUT2D eigenvalue weighted by Gasteiger charge is 2.41. The lowest BCUT2D eigenvalue weighted by molar-refractivity contribution is -0.727. The maximum absolute atomic E-state index is 13.1. The van der Waals surface area contributed by atoms with Crippen molar-refractivity contribution in [2.75, 3.05) is 33.9 Å². The van der Waals surface area contributed by atoms with Gasteiger partial charge in [-0.05, 0) is 68.7 Å². The van der Waals surface area contributed by atoms with Gasteiger partial charge in [0.25, 0.3) is 25.3 Å². The van der Waals surface area contributed by atoms with Crippen LogP contribution in [0.4, 0.5) is 9.59 Å². The van der Waals surface area contributed by atoms with Gasteiger partial charge in [0.2, 0.25) is 0 Å². The number of nitrogens with one attached hydrogen (secondary N) is 2. The van der Waals surface area contributed by atoms with Gasteiger partial charge >= 0.3 is 36.1 Å². The van der Waals surface area contributed by atoms with Crippen LogP contribution in [0.25, 0.3) is 0 Å². The first-order valence-corrected chi connectivity index (χ1v) is 23.5. The molecule has 0 spiro atoms. The van der Waals surface area contributed by atoms with Crippen molar-refractivity contribution in [2.45, 2.75) is 101 Å². The molecule has 2 fully saturated rings. The molecule has 2 saturated heterocycles. The minimum absolute atomic E-state index is 0.121. The van der Waals surface area contributed by atoms with Gasteiger partial charge in [-0.15, -0.1) is 0 Å². The van der Waals surface area contributed by atoms with Crippen LogP contribution in [-0.4, -0.2) is 142 Å². The number of aromatic nitrogens is 2. The molecule has 7 unspecified atom stereocenters. The summed E-state index contributed by atoms with van der Waals surface area (Å²) in [5, 5.41) is 41.4. The molecule has 0 radical (unpaired) electrons. The molecule has 0 saturated carbocycles. The number of esters is 2. The predicted molar refractivity (Wildman–Crippen MR) is 254 cm³/mol. The van der Waals surface area contributed by atoms with Crippen molar-refractivity contribution in [3.8, 4) is 0 Å². The number of rotatable bonds is 18. The number of carboxylic acid groups (broad SMARTS) is 2. The third-order valence-corrected chi connectivity index (χ3v) is 12.3. The number of aliphatic carboxylic acids is 2. The van der Waals surface area contributed by atoms with Crippen LogP contribution in [0.2, 0.25) is 0 Å². The molecule has 2 aliphatic heterocycles. The Kier molecular flexibility index (Phi) is 21.1. The Morgan fingerprint density at radius 2 is 1.04 bits per heavy atom. The van der Waals surface area contributed by atoms with E-state index in [0.29, 0.717) is 25.9 Å². The van der Waals surface area contributed by atoms with E-state index in [-0.39, 0.29) is 24.6 Å². The van der Waals surface area contributed by atoms with Crippen LogP contribution >= 0.6 is 0 Å². The molecule has 0 bridgehead atoms. The molecule has 6 N–H and O–H groups in total. The predicted octanol–water partition coefficient (Wildman–Crippen LogP) is 2.50. The Bertz CT molecular complexity index is 2530. The number of amides is 4. The largest absolute Gasteiger partial charge is 0.480 e. The van der Waals surface area contributed by atoms with Gasteiger partial charge in [-0.25, -0.2) is 19.2 Å². The number of carboxylic acids is 2. The number of hydrogen-bond acceptors (Lipinski definition) is 14. The lowest BCUT2D eigenvalue weighted by Crippen LogP contribution is -2.50. The summed E-state index contributed by atoms with van der Waals surface area (Å²) in [6.07, 6.45) is 7.95. The Hall–Kier alpha value is -7.98. The minimum Gasteiger partial charge on any atom is -0.480 e. The summed E-state index contributed by atoms with van der Waals surface area (Å²) < 4.78 is 24.0. The molecular formula is C51H62N6O16+2. The molecule has 4 aromatic rings. The normalized spacial score (nSPS) is 17.3. The lowest BCUT2D eigenvalue weighted by atomic mass is 9.85. The number of carbonyl (C=O) groups excluding carboxylic acids is 6. The van der Waals surface area contributed by atoms with Crippen molar-refractivity contribution < 1.29 is 86.9 Å². The first-order valence-electron chi connectivity index (χ1n) is 23.5. The van der Waals surface area contributed by atoms with Gasteiger partial charge < -0.3 is 59.8 Å². The number of likely N-dealkylation sites (tertiary alicyclic amines) is 2. The van der Waals surface area contributed by atoms with Crippen LogP contribution in [0, 0.1) is 0 Å². The fourth-order valence-electron chi connectivity index (χ4n) is 8.61. The van der Waals surface area contributed by atoms with E-state index in [2.05, 4.69) is 10.6 Å². The van der Waals surface area contributed by atoms with E-state index in [9.17, 15) is 48.6 Å². The molecule has 7 atom stereocenters. The highest BCUT2D eigenvalue weighted by Crippen LogP contribution is 2.33. The second kappa shape index (κ2) is 27.6. The second-order valence-electron chi connectivity index (χ2n) is 17.2. The number of aliphatic hydroxyl groups is 2. The summed E-state index contributed by atoms with van der Waals surface area (Å²) in [4.78, 5) is 102. The van der Waals surface area contributed by atoms with Crippen molar-refractivity contribution in [3.05, 3.63) is 132 Å². The first kappa shape index (κ1) is 55.9. The summed E-state index contributed by atoms with van der Waals surface area (Å²) in [5.74, 6) is -6.29. The third-order valence-electron chi connectivity index (χ3n) is 12.3. The van der Waals surface area contributed by atoms with Crippen LogP contribution in [0.15, 0.2) is 110 Å². The van der Waals surface area contributed by atoms with E-state index in [1.165, 1.54) is 54.8 Å². The second-order valence-corrected chi connectivity index (χ2v) is 17.2. The van der Waals surface area contributed by atoms with Gasteiger partial charge in [-0.2, -0.15) is 9.13 Å². The zero-order valence-electron chi connectivity index (χ0n) is 40.7. The lowest BCUT2D eigenvalue weighted by Gasteiger charge is -2.38. The zero-order chi connectivity index (χ0) is 53.0. The van der Waals surface area contributed by atoms with Crippen LogP contribution in [-0.2, 0) is 51.6 Å². The quantitative estimate of drug-likeness (QED) is 0.0474. The fourth-order valence-corrected chi connectivity index (χ4v) is 8.61. The number of hydrogen-bond donors (Lipinski definition) is 6. The molecule has 6 rings (SSSR count). The minimum atomic E-state index is -1.47. The third kappa shape index (κ3) is 15.5. The molecule has 2 aromatic carbocycles. The van der Waals surface area contributed by atoms with Gasteiger partial charge in [0.15, 0.2) is 36.9 Å². The van der Waals surface area contributed by atoms with Crippen LogP contribution in [0.5, 0.6) is 0 Å². The maximum Gasteiger partial charge on any atom is 0.414 e. The van der Waals surface area contributed by atoms with Crippen LogP contribution in [0.1, 0.15) is 89.1 Å². The average Bonchev–Trinajstić information content (AvgIpc) is 3.41. The molecule has 22 nitrogen and oxygen atoms in total. The number of piperidine rings is 2. The van der Waals surface area contributed by atoms with E-state index in [1.54, 1.807) is 34.3 Å². The van der Waals surface area contributed by atoms with Gasteiger partial charge in [0, 0.05) is 25.2 Å². The topological polar surface area (TPSA) is 293 Å². The summed E-state index contributed by atoms with van der Waals surface area (Å²) in [7, 11) is 2.65. The monoisotopic (exact) mass is 1010 g/mol. The summed E-state index contributed by atoms with van der Waals surface area (Å²) in [6.45, 7) is 0.940. The molecule has 4 amide bonds. The van der Waals surface area contributed by atoms with E-state index >= 15 is 0 Å². The highest BCUT2D eigenvalue weighted by molar-refractivity contribution is 5.97. The smallest absolute Gasteiger partial charge is 0.414 e. The molecule has 22 heteroatoms. The van der Waals surface area contributed by atoms with E-state index in [1.807, 2.05) is 60.7 Å². The number of carbonyl (C=O) groups is 8. The van der Waals surface area contributed by atoms with Crippen molar-refractivity contribution in [1.82, 2.24) is 20.4 Å². The number of methoxy groups -OCH3 is 2. The van der Waals surface area contributed by atoms with E-state index in [4.69, 9.17) is 29.2 Å². The molecule has 73 heavy (non-hydrogen) atoms. The number of benzene rings is 2. The van der Waals surface area contributed by atoms with E-state index in [0.717, 1.165) is 36.8 Å². The van der Waals surface area contributed by atoms with Crippen molar-refractivity contribution in [3.63, 3.8) is 0 Å². The maximum atomic E-state index is 13.1. The van der Waals surface area contributed by atoms with Crippen molar-refractivity contribution in [2.24, 2.45) is 0 Å². The summed E-state index contributed by atoms with van der Waals surface area (Å²) >= 11 is 0. The number of nitrogens with zero attached hydrogens (tertiary/aromatic N) is 4. The van der Waals surface area contributed by atoms with Gasteiger partial charge in [-0.3, -0.25) is 19.2 Å². The molecule has 4 heterocycles. The van der Waals surface area contributed by atoms with Gasteiger partial charge in [0.05, 0.1) is 39.0 Å². The summed E-state index contributed by atoms with van der Waals surface area (Å²) in [6, 6.07) is 20.6. The van der Waals surface area contributed by atoms with Crippen LogP contribution < -0.4 is 19.8 Å². The van der Waals surface area contributed by atoms with Crippen molar-refractivity contribution in [1.29, 1.82) is 0 Å². The van der Waals surface area contributed by atoms with Gasteiger partial charge in [-0.1, -0.05) is 60.7 Å². The highest BCUT2D eigenvalue weighted by atomic mass is 16.6. The molecule has 0 aliphatic carbocycles. The number of ether oxygens (including phenoxy) is 4. The average molecular weight is 1020 g/mol. The Morgan fingerprint density at radius 3 is 1.41 bits per heavy atom. The molecule has 2 aromatic heterocycles.